The Morgan fingerprint density at radius 1 is 0.525 bits per heavy atom. The molecule has 0 aliphatic heterocycles. The maximum absolute atomic E-state index is 4.28. The normalized spacial score (nSPS) is 13.2. The van der Waals surface area contributed by atoms with Gasteiger partial charge in [-0.3, -0.25) is 4.98 Å². The molecule has 40 heavy (non-hydrogen) atoms. The van der Waals surface area contributed by atoms with Crippen molar-refractivity contribution in [1.82, 2.24) is 9.55 Å². The molecule has 0 bridgehead atoms. The second-order valence-electron chi connectivity index (χ2n) is 10.4. The minimum Gasteiger partial charge on any atom is -0.317 e. The third kappa shape index (κ3) is 3.20. The van der Waals surface area contributed by atoms with Gasteiger partial charge in [-0.05, 0) is 74.8 Å². The molecule has 0 spiro atoms. The van der Waals surface area contributed by atoms with Crippen molar-refractivity contribution in [2.45, 2.75) is 5.41 Å². The molecule has 0 unspecified atom stereocenters. The van der Waals surface area contributed by atoms with Gasteiger partial charge in [-0.15, -0.1) is 0 Å². The number of nitrogens with zero attached hydrogens (tertiary/aromatic N) is 2. The predicted molar refractivity (Wildman–Crippen MR) is 164 cm³/mol. The van der Waals surface area contributed by atoms with Gasteiger partial charge in [0.2, 0.25) is 0 Å². The first-order chi connectivity index (χ1) is 19.9. The Bertz CT molecular complexity index is 1930. The molecule has 0 saturated heterocycles. The van der Waals surface area contributed by atoms with Gasteiger partial charge in [0.05, 0.1) is 10.9 Å². The van der Waals surface area contributed by atoms with Crippen molar-refractivity contribution >= 4 is 10.9 Å². The molecule has 1 aliphatic rings. The Balaban J connectivity index is 1.36. The largest absolute Gasteiger partial charge is 0.317 e. The number of benzene rings is 5. The van der Waals surface area contributed by atoms with Crippen LogP contribution in [0.2, 0.25) is 0 Å². The van der Waals surface area contributed by atoms with E-state index in [1.807, 2.05) is 18.5 Å². The van der Waals surface area contributed by atoms with Crippen LogP contribution in [-0.4, -0.2) is 9.55 Å². The zero-order valence-electron chi connectivity index (χ0n) is 21.9. The van der Waals surface area contributed by atoms with Gasteiger partial charge >= 0.3 is 0 Å². The lowest BCUT2D eigenvalue weighted by molar-refractivity contribution is 0.769. The van der Waals surface area contributed by atoms with Crippen LogP contribution in [-0.2, 0) is 5.41 Å². The first kappa shape index (κ1) is 22.7. The summed E-state index contributed by atoms with van der Waals surface area (Å²) < 4.78 is 2.30. The van der Waals surface area contributed by atoms with Crippen molar-refractivity contribution in [2.75, 3.05) is 0 Å². The van der Waals surface area contributed by atoms with E-state index in [0.717, 1.165) is 11.3 Å². The van der Waals surface area contributed by atoms with Gasteiger partial charge in [0, 0.05) is 29.7 Å². The van der Waals surface area contributed by atoms with Gasteiger partial charge in [0.25, 0.3) is 0 Å². The summed E-state index contributed by atoms with van der Waals surface area (Å²) in [4.78, 5) is 4.28. The zero-order chi connectivity index (χ0) is 26.5. The molecule has 5 aromatic carbocycles. The standard InChI is InChI=1S/C38H26N2/c1-3-11-29(12-4-1)38(30-13-5-2-6-14-30)34-16-8-7-15-32(34)37-33-23-25-40(36(33)22-21-35(37)38)31-19-17-27(18-20-31)28-10-9-24-39-26-28/h1-26H. The van der Waals surface area contributed by atoms with Crippen LogP contribution in [0.5, 0.6) is 0 Å². The van der Waals surface area contributed by atoms with E-state index in [9.17, 15) is 0 Å². The molecule has 188 valence electrons. The summed E-state index contributed by atoms with van der Waals surface area (Å²) >= 11 is 0. The number of rotatable bonds is 4. The van der Waals surface area contributed by atoms with Gasteiger partial charge in [-0.2, -0.15) is 0 Å². The summed E-state index contributed by atoms with van der Waals surface area (Å²) in [5.41, 5.74) is 12.1. The van der Waals surface area contributed by atoms with E-state index < -0.39 is 0 Å². The summed E-state index contributed by atoms with van der Waals surface area (Å²) in [6.45, 7) is 0. The van der Waals surface area contributed by atoms with Gasteiger partial charge in [-0.25, -0.2) is 0 Å². The fourth-order valence-electron chi connectivity index (χ4n) is 6.73. The fraction of sp³-hybridized carbons (Fsp3) is 0.0263. The highest BCUT2D eigenvalue weighted by Gasteiger charge is 2.46. The van der Waals surface area contributed by atoms with Crippen LogP contribution in [0.25, 0.3) is 38.8 Å². The van der Waals surface area contributed by atoms with E-state index in [-0.39, 0.29) is 5.41 Å². The second kappa shape index (κ2) is 8.93. The first-order valence-corrected chi connectivity index (χ1v) is 13.7. The van der Waals surface area contributed by atoms with Crippen LogP contribution in [0.15, 0.2) is 158 Å². The van der Waals surface area contributed by atoms with Crippen LogP contribution in [0.4, 0.5) is 0 Å². The van der Waals surface area contributed by atoms with Crippen LogP contribution >= 0.6 is 0 Å². The summed E-state index contributed by atoms with van der Waals surface area (Å²) in [6.07, 6.45) is 5.93. The maximum atomic E-state index is 4.28. The Kier molecular flexibility index (Phi) is 5.08. The molecule has 2 heteroatoms. The van der Waals surface area contributed by atoms with Crippen LogP contribution < -0.4 is 0 Å². The lowest BCUT2D eigenvalue weighted by atomic mass is 9.67. The Morgan fingerprint density at radius 2 is 1.23 bits per heavy atom. The average molecular weight is 511 g/mol. The smallest absolute Gasteiger partial charge is 0.0713 e. The predicted octanol–water partition coefficient (Wildman–Crippen LogP) is 9.06. The molecular weight excluding hydrogens is 484 g/mol. The Morgan fingerprint density at radius 3 is 1.93 bits per heavy atom. The summed E-state index contributed by atoms with van der Waals surface area (Å²) in [5.74, 6) is 0. The first-order valence-electron chi connectivity index (χ1n) is 13.7. The topological polar surface area (TPSA) is 17.8 Å². The molecule has 7 aromatic rings. The van der Waals surface area contributed by atoms with E-state index in [0.29, 0.717) is 0 Å². The van der Waals surface area contributed by atoms with Gasteiger partial charge in [0.15, 0.2) is 0 Å². The van der Waals surface area contributed by atoms with Crippen LogP contribution in [0.1, 0.15) is 22.3 Å². The highest BCUT2D eigenvalue weighted by Crippen LogP contribution is 2.57. The highest BCUT2D eigenvalue weighted by atomic mass is 15.0. The van der Waals surface area contributed by atoms with Crippen LogP contribution in [0.3, 0.4) is 0 Å². The number of hydrogen-bond donors (Lipinski definition) is 0. The van der Waals surface area contributed by atoms with Crippen LogP contribution in [0, 0.1) is 0 Å². The van der Waals surface area contributed by atoms with Crippen molar-refractivity contribution in [1.29, 1.82) is 0 Å². The monoisotopic (exact) mass is 510 g/mol. The van der Waals surface area contributed by atoms with E-state index in [2.05, 4.69) is 149 Å². The van der Waals surface area contributed by atoms with Gasteiger partial charge in [-0.1, -0.05) is 109 Å². The number of hydrogen-bond acceptors (Lipinski definition) is 1. The molecule has 2 nitrogen and oxygen atoms in total. The number of fused-ring (bicyclic) bond motifs is 5. The Hall–Kier alpha value is -5.21. The van der Waals surface area contributed by atoms with Crippen molar-refractivity contribution in [3.05, 3.63) is 180 Å². The molecule has 0 radical (unpaired) electrons. The molecule has 1 aliphatic carbocycles. The second-order valence-corrected chi connectivity index (χ2v) is 10.4. The quantitative estimate of drug-likeness (QED) is 0.231. The number of pyridine rings is 1. The van der Waals surface area contributed by atoms with Crippen molar-refractivity contribution < 1.29 is 0 Å². The zero-order valence-corrected chi connectivity index (χ0v) is 21.9. The molecule has 2 aromatic heterocycles. The molecular formula is C38H26N2. The van der Waals surface area contributed by atoms with Gasteiger partial charge < -0.3 is 4.57 Å². The minimum absolute atomic E-state index is 0.379. The lowest BCUT2D eigenvalue weighted by Gasteiger charge is -2.33. The third-order valence-corrected chi connectivity index (χ3v) is 8.43. The molecule has 2 heterocycles. The van der Waals surface area contributed by atoms with E-state index in [4.69, 9.17) is 0 Å². The molecule has 8 rings (SSSR count). The van der Waals surface area contributed by atoms with E-state index >= 15 is 0 Å². The van der Waals surface area contributed by atoms with Crippen molar-refractivity contribution in [3.8, 4) is 27.9 Å². The number of aromatic nitrogens is 2. The maximum Gasteiger partial charge on any atom is 0.0713 e. The average Bonchev–Trinajstić information content (AvgIpc) is 3.60. The molecule has 0 fully saturated rings. The van der Waals surface area contributed by atoms with Crippen molar-refractivity contribution in [2.24, 2.45) is 0 Å². The SMILES string of the molecule is c1ccc(C2(c3ccccc3)c3ccccc3-c3c2ccc2c3ccn2-c2ccc(-c3cccnc3)cc2)cc1. The lowest BCUT2D eigenvalue weighted by Crippen LogP contribution is -2.28. The molecule has 0 amide bonds. The molecule has 0 atom stereocenters. The van der Waals surface area contributed by atoms with Gasteiger partial charge in [0.1, 0.15) is 0 Å². The summed E-state index contributed by atoms with van der Waals surface area (Å²) in [5, 5.41) is 1.27. The summed E-state index contributed by atoms with van der Waals surface area (Å²) in [7, 11) is 0. The highest BCUT2D eigenvalue weighted by molar-refractivity contribution is 6.03. The fourth-order valence-corrected chi connectivity index (χ4v) is 6.73. The Labute approximate surface area is 233 Å². The summed E-state index contributed by atoms with van der Waals surface area (Å²) in [6, 6.07) is 50.7. The molecule has 0 N–H and O–H groups in total. The van der Waals surface area contributed by atoms with E-state index in [1.165, 1.54) is 49.8 Å². The van der Waals surface area contributed by atoms with E-state index in [1.54, 1.807) is 0 Å². The molecule has 0 saturated carbocycles. The third-order valence-electron chi connectivity index (χ3n) is 8.43. The van der Waals surface area contributed by atoms with Crippen molar-refractivity contribution in [3.63, 3.8) is 0 Å². The minimum atomic E-state index is -0.379.